The fourth-order valence-corrected chi connectivity index (χ4v) is 2.86. The van der Waals surface area contributed by atoms with Crippen molar-refractivity contribution in [1.29, 1.82) is 0 Å². The summed E-state index contributed by atoms with van der Waals surface area (Å²) in [6.07, 6.45) is 0. The van der Waals surface area contributed by atoms with E-state index in [-0.39, 0.29) is 6.04 Å². The number of fused-ring (bicyclic) bond motifs is 1. The number of rotatable bonds is 7. The highest BCUT2D eigenvalue weighted by molar-refractivity contribution is 5.84. The van der Waals surface area contributed by atoms with Gasteiger partial charge in [0.1, 0.15) is 5.76 Å². The lowest BCUT2D eigenvalue weighted by Crippen LogP contribution is -2.38. The summed E-state index contributed by atoms with van der Waals surface area (Å²) in [5.74, 6) is 3.33. The summed E-state index contributed by atoms with van der Waals surface area (Å²) in [6, 6.07) is 9.81. The topological polar surface area (TPSA) is 84.8 Å². The van der Waals surface area contributed by atoms with E-state index in [2.05, 4.69) is 34.6 Å². The number of benzene rings is 1. The van der Waals surface area contributed by atoms with Crippen LogP contribution in [0.2, 0.25) is 0 Å². The van der Waals surface area contributed by atoms with Crippen molar-refractivity contribution >= 4 is 16.9 Å². The number of ether oxygens (including phenoxy) is 1. The molecule has 28 heavy (non-hydrogen) atoms. The Balaban J connectivity index is 1.65. The smallest absolute Gasteiger partial charge is 0.191 e. The molecule has 0 aliphatic carbocycles. The molecule has 7 heteroatoms. The zero-order valence-electron chi connectivity index (χ0n) is 17.1. The first-order chi connectivity index (χ1) is 13.5. The largest absolute Gasteiger partial charge is 0.490 e. The van der Waals surface area contributed by atoms with Crippen LogP contribution < -0.4 is 15.4 Å². The van der Waals surface area contributed by atoms with Gasteiger partial charge in [0.05, 0.1) is 24.9 Å². The quantitative estimate of drug-likeness (QED) is 0.465. The Kier molecular flexibility index (Phi) is 6.23. The lowest BCUT2D eigenvalue weighted by atomic mass is 10.1. The summed E-state index contributed by atoms with van der Waals surface area (Å²) in [5, 5.41) is 11.7. The molecule has 0 saturated carbocycles. The SMILES string of the molecule is CCOc1cccc2cc(C(C)NC(=NC)NCc3cc(C(C)C)no3)oc12. The highest BCUT2D eigenvalue weighted by Crippen LogP contribution is 2.31. The average Bonchev–Trinajstić information content (AvgIpc) is 3.32. The Bertz CT molecular complexity index is 942. The number of nitrogens with one attached hydrogen (secondary N) is 2. The van der Waals surface area contributed by atoms with Gasteiger partial charge >= 0.3 is 0 Å². The standard InChI is InChI=1S/C21H28N4O3/c1-6-26-18-9-7-8-15-10-19(27-20(15)18)14(4)24-21(22-5)23-12-16-11-17(13(2)3)25-28-16/h7-11,13-14H,6,12H2,1-5H3,(H2,22,23,24). The minimum Gasteiger partial charge on any atom is -0.490 e. The summed E-state index contributed by atoms with van der Waals surface area (Å²) in [4.78, 5) is 4.28. The molecule has 0 bridgehead atoms. The summed E-state index contributed by atoms with van der Waals surface area (Å²) in [5.41, 5.74) is 1.71. The van der Waals surface area contributed by atoms with Crippen LogP contribution in [0.5, 0.6) is 5.75 Å². The summed E-state index contributed by atoms with van der Waals surface area (Å²) in [6.45, 7) is 9.25. The van der Waals surface area contributed by atoms with E-state index in [9.17, 15) is 0 Å². The number of para-hydroxylation sites is 1. The third kappa shape index (κ3) is 4.47. The number of nitrogens with zero attached hydrogens (tertiary/aromatic N) is 2. The van der Waals surface area contributed by atoms with Gasteiger partial charge in [-0.3, -0.25) is 4.99 Å². The molecule has 1 aromatic carbocycles. The third-order valence-corrected chi connectivity index (χ3v) is 4.43. The molecule has 2 N–H and O–H groups in total. The van der Waals surface area contributed by atoms with Crippen molar-refractivity contribution in [3.8, 4) is 5.75 Å². The van der Waals surface area contributed by atoms with E-state index in [1.165, 1.54) is 0 Å². The molecule has 3 rings (SSSR count). The maximum Gasteiger partial charge on any atom is 0.191 e. The fourth-order valence-electron chi connectivity index (χ4n) is 2.86. The van der Waals surface area contributed by atoms with Gasteiger partial charge in [0.15, 0.2) is 23.1 Å². The first kappa shape index (κ1) is 19.8. The van der Waals surface area contributed by atoms with E-state index in [4.69, 9.17) is 13.7 Å². The second kappa shape index (κ2) is 8.82. The number of aliphatic imine (C=N–C) groups is 1. The van der Waals surface area contributed by atoms with E-state index in [0.717, 1.165) is 33.9 Å². The molecule has 0 aliphatic rings. The summed E-state index contributed by atoms with van der Waals surface area (Å²) >= 11 is 0. The van der Waals surface area contributed by atoms with Gasteiger partial charge in [-0.1, -0.05) is 31.1 Å². The van der Waals surface area contributed by atoms with Crippen molar-refractivity contribution in [2.75, 3.05) is 13.7 Å². The van der Waals surface area contributed by atoms with Gasteiger partial charge in [-0.25, -0.2) is 0 Å². The molecule has 1 unspecified atom stereocenters. The molecule has 0 aliphatic heterocycles. The molecule has 1 atom stereocenters. The highest BCUT2D eigenvalue weighted by Gasteiger charge is 2.16. The molecule has 0 radical (unpaired) electrons. The van der Waals surface area contributed by atoms with Crippen LogP contribution in [0.1, 0.15) is 56.9 Å². The van der Waals surface area contributed by atoms with Crippen molar-refractivity contribution in [3.63, 3.8) is 0 Å². The maximum atomic E-state index is 6.05. The molecular weight excluding hydrogens is 356 g/mol. The molecule has 2 aromatic heterocycles. The molecule has 7 nitrogen and oxygen atoms in total. The summed E-state index contributed by atoms with van der Waals surface area (Å²) < 4.78 is 17.1. The van der Waals surface area contributed by atoms with E-state index in [1.807, 2.05) is 44.2 Å². The zero-order valence-corrected chi connectivity index (χ0v) is 17.1. The van der Waals surface area contributed by atoms with Gasteiger partial charge in [-0.2, -0.15) is 0 Å². The van der Waals surface area contributed by atoms with Crippen molar-refractivity contribution in [2.24, 2.45) is 4.99 Å². The van der Waals surface area contributed by atoms with Crippen LogP contribution in [0.15, 0.2) is 44.3 Å². The van der Waals surface area contributed by atoms with Gasteiger partial charge < -0.3 is 24.3 Å². The van der Waals surface area contributed by atoms with E-state index >= 15 is 0 Å². The molecule has 0 amide bonds. The van der Waals surface area contributed by atoms with Crippen LogP contribution in [0.4, 0.5) is 0 Å². The monoisotopic (exact) mass is 384 g/mol. The van der Waals surface area contributed by atoms with Crippen LogP contribution in [0.3, 0.4) is 0 Å². The number of guanidine groups is 1. The Hall–Kier alpha value is -2.96. The molecule has 0 spiro atoms. The molecular formula is C21H28N4O3. The number of hydrogen-bond acceptors (Lipinski definition) is 5. The lowest BCUT2D eigenvalue weighted by molar-refractivity contribution is 0.336. The van der Waals surface area contributed by atoms with Gasteiger partial charge in [-0.15, -0.1) is 0 Å². The number of aromatic nitrogens is 1. The van der Waals surface area contributed by atoms with Gasteiger partial charge in [0.25, 0.3) is 0 Å². The fraction of sp³-hybridized carbons (Fsp3) is 0.429. The van der Waals surface area contributed by atoms with Crippen molar-refractivity contribution in [1.82, 2.24) is 15.8 Å². The second-order valence-electron chi connectivity index (χ2n) is 6.92. The van der Waals surface area contributed by atoms with Gasteiger partial charge in [0.2, 0.25) is 0 Å². The third-order valence-electron chi connectivity index (χ3n) is 4.43. The van der Waals surface area contributed by atoms with Crippen molar-refractivity contribution in [3.05, 3.63) is 47.5 Å². The molecule has 0 fully saturated rings. The summed E-state index contributed by atoms with van der Waals surface area (Å²) in [7, 11) is 1.73. The Morgan fingerprint density at radius 3 is 2.75 bits per heavy atom. The average molecular weight is 384 g/mol. The first-order valence-corrected chi connectivity index (χ1v) is 9.59. The van der Waals surface area contributed by atoms with Crippen LogP contribution in [0, 0.1) is 0 Å². The van der Waals surface area contributed by atoms with Gasteiger partial charge in [0, 0.05) is 18.5 Å². The normalized spacial score (nSPS) is 13.1. The van der Waals surface area contributed by atoms with Crippen LogP contribution in [-0.2, 0) is 6.54 Å². The predicted octanol–water partition coefficient (Wildman–Crippen LogP) is 4.37. The number of hydrogen-bond donors (Lipinski definition) is 2. The van der Waals surface area contributed by atoms with E-state index in [0.29, 0.717) is 25.0 Å². The van der Waals surface area contributed by atoms with Crippen LogP contribution in [-0.4, -0.2) is 24.8 Å². The van der Waals surface area contributed by atoms with E-state index in [1.54, 1.807) is 7.05 Å². The van der Waals surface area contributed by atoms with Crippen molar-refractivity contribution in [2.45, 2.75) is 46.2 Å². The Morgan fingerprint density at radius 1 is 1.25 bits per heavy atom. The number of furan rings is 1. The Labute approximate surface area is 165 Å². The van der Waals surface area contributed by atoms with Crippen molar-refractivity contribution < 1.29 is 13.7 Å². The Morgan fingerprint density at radius 2 is 2.07 bits per heavy atom. The maximum absolute atomic E-state index is 6.05. The van der Waals surface area contributed by atoms with Gasteiger partial charge in [-0.05, 0) is 31.9 Å². The van der Waals surface area contributed by atoms with E-state index < -0.39 is 0 Å². The zero-order chi connectivity index (χ0) is 20.1. The predicted molar refractivity (Wildman–Crippen MR) is 110 cm³/mol. The van der Waals surface area contributed by atoms with Crippen LogP contribution >= 0.6 is 0 Å². The molecule has 0 saturated heterocycles. The lowest BCUT2D eigenvalue weighted by Gasteiger charge is -2.15. The minimum absolute atomic E-state index is 0.0750. The molecule has 3 aromatic rings. The molecule has 150 valence electrons. The highest BCUT2D eigenvalue weighted by atomic mass is 16.5. The first-order valence-electron chi connectivity index (χ1n) is 9.59. The molecule has 2 heterocycles. The second-order valence-corrected chi connectivity index (χ2v) is 6.92. The van der Waals surface area contributed by atoms with Crippen LogP contribution in [0.25, 0.3) is 11.0 Å². The minimum atomic E-state index is -0.0750.